The van der Waals surface area contributed by atoms with Gasteiger partial charge in [0.15, 0.2) is 0 Å². The average Bonchev–Trinajstić information content (AvgIpc) is 2.31. The summed E-state index contributed by atoms with van der Waals surface area (Å²) < 4.78 is 11.7. The molecule has 0 saturated carbocycles. The largest absolute Gasteiger partial charge is 0.397 e. The molecule has 3 N–H and O–H groups in total. The molecule has 0 radical (unpaired) electrons. The van der Waals surface area contributed by atoms with Crippen molar-refractivity contribution in [3.8, 4) is 0 Å². The maximum absolute atomic E-state index is 11.7. The minimum absolute atomic E-state index is 0.00918. The zero-order chi connectivity index (χ0) is 14.4. The molecule has 106 valence electrons. The minimum Gasteiger partial charge on any atom is -0.397 e. The summed E-state index contributed by atoms with van der Waals surface area (Å²) in [6.07, 6.45) is 0.855. The molecule has 0 aliphatic carbocycles. The number of carbonyl (C=O) groups excluding carboxylic acids is 1. The second-order valence-electron chi connectivity index (χ2n) is 4.76. The van der Waals surface area contributed by atoms with E-state index in [4.69, 9.17) is 17.3 Å². The van der Waals surface area contributed by atoms with Crippen molar-refractivity contribution < 1.29 is 9.00 Å². The smallest absolute Gasteiger partial charge is 0.236 e. The van der Waals surface area contributed by atoms with Crippen molar-refractivity contribution in [3.63, 3.8) is 0 Å². The molecule has 0 heterocycles. The highest BCUT2D eigenvalue weighted by Crippen LogP contribution is 2.22. The highest BCUT2D eigenvalue weighted by atomic mass is 35.5. The number of hydrogen-bond acceptors (Lipinski definition) is 3. The number of carbonyl (C=O) groups is 1. The zero-order valence-electron chi connectivity index (χ0n) is 11.1. The maximum atomic E-state index is 11.7. The number of nitrogen functional groups attached to an aromatic ring is 1. The van der Waals surface area contributed by atoms with Gasteiger partial charge in [-0.25, -0.2) is 0 Å². The van der Waals surface area contributed by atoms with Gasteiger partial charge in [0, 0.05) is 22.2 Å². The number of hydrogen-bond donors (Lipinski definition) is 2. The first-order chi connectivity index (χ1) is 8.88. The normalized spacial score (nSPS) is 12.4. The van der Waals surface area contributed by atoms with Gasteiger partial charge < -0.3 is 11.1 Å². The van der Waals surface area contributed by atoms with Gasteiger partial charge in [0.2, 0.25) is 5.91 Å². The Morgan fingerprint density at radius 2 is 2.16 bits per heavy atom. The highest BCUT2D eigenvalue weighted by Gasteiger charge is 2.09. The van der Waals surface area contributed by atoms with Gasteiger partial charge in [-0.2, -0.15) is 0 Å². The van der Waals surface area contributed by atoms with E-state index < -0.39 is 10.8 Å². The Labute approximate surface area is 121 Å². The summed E-state index contributed by atoms with van der Waals surface area (Å²) in [4.78, 5) is 11.7. The fraction of sp³-hybridized carbons (Fsp3) is 0.462. The molecule has 0 aromatic heterocycles. The molecule has 4 nitrogen and oxygen atoms in total. The molecule has 1 amide bonds. The van der Waals surface area contributed by atoms with Gasteiger partial charge in [0.25, 0.3) is 0 Å². The van der Waals surface area contributed by atoms with Crippen LogP contribution in [-0.2, 0) is 15.6 Å². The molecule has 1 atom stereocenters. The lowest BCUT2D eigenvalue weighted by Gasteiger charge is -2.07. The summed E-state index contributed by atoms with van der Waals surface area (Å²) in [5, 5.41) is 3.10. The van der Waals surface area contributed by atoms with E-state index >= 15 is 0 Å². The molecule has 0 saturated heterocycles. The lowest BCUT2D eigenvalue weighted by molar-refractivity contribution is -0.113. The Balaban J connectivity index is 2.46. The molecule has 19 heavy (non-hydrogen) atoms. The SMILES string of the molecule is CC(C)CCS(=O)CC(=O)Nc1ccc(Cl)c(N)c1. The quantitative estimate of drug-likeness (QED) is 0.794. The van der Waals surface area contributed by atoms with Gasteiger partial charge >= 0.3 is 0 Å². The Bertz CT molecular complexity index is 478. The Morgan fingerprint density at radius 1 is 1.47 bits per heavy atom. The first-order valence-corrected chi connectivity index (χ1v) is 7.95. The van der Waals surface area contributed by atoms with Gasteiger partial charge in [0.05, 0.1) is 10.7 Å². The number of halogens is 1. The average molecular weight is 303 g/mol. The van der Waals surface area contributed by atoms with Crippen LogP contribution in [0.1, 0.15) is 20.3 Å². The monoisotopic (exact) mass is 302 g/mol. The van der Waals surface area contributed by atoms with Gasteiger partial charge in [-0.05, 0) is 30.5 Å². The van der Waals surface area contributed by atoms with E-state index in [1.165, 1.54) is 0 Å². The van der Waals surface area contributed by atoms with E-state index in [2.05, 4.69) is 19.2 Å². The number of nitrogens with one attached hydrogen (secondary N) is 1. The molecular formula is C13H19ClN2O2S. The fourth-order valence-corrected chi connectivity index (χ4v) is 2.76. The number of anilines is 2. The molecule has 1 aromatic carbocycles. The van der Waals surface area contributed by atoms with Gasteiger partial charge in [-0.1, -0.05) is 25.4 Å². The van der Waals surface area contributed by atoms with E-state index in [1.807, 2.05) is 0 Å². The predicted octanol–water partition coefficient (Wildman–Crippen LogP) is 2.66. The van der Waals surface area contributed by atoms with Gasteiger partial charge in [-0.15, -0.1) is 0 Å². The van der Waals surface area contributed by atoms with Crippen LogP contribution in [0, 0.1) is 5.92 Å². The van der Waals surface area contributed by atoms with Crippen LogP contribution >= 0.6 is 11.6 Å². The lowest BCUT2D eigenvalue weighted by Crippen LogP contribution is -2.21. The summed E-state index contributed by atoms with van der Waals surface area (Å²) in [6, 6.07) is 4.85. The highest BCUT2D eigenvalue weighted by molar-refractivity contribution is 7.85. The second kappa shape index (κ2) is 7.50. The van der Waals surface area contributed by atoms with Crippen LogP contribution in [0.2, 0.25) is 5.02 Å². The Morgan fingerprint density at radius 3 is 2.74 bits per heavy atom. The van der Waals surface area contributed by atoms with Gasteiger partial charge in [0.1, 0.15) is 5.75 Å². The molecule has 0 spiro atoms. The fourth-order valence-electron chi connectivity index (χ4n) is 1.40. The molecule has 0 aliphatic heterocycles. The van der Waals surface area contributed by atoms with E-state index in [-0.39, 0.29) is 11.7 Å². The van der Waals surface area contributed by atoms with Crippen LogP contribution in [0.4, 0.5) is 11.4 Å². The van der Waals surface area contributed by atoms with Crippen molar-refractivity contribution in [2.24, 2.45) is 5.92 Å². The van der Waals surface area contributed by atoms with Crippen molar-refractivity contribution in [1.82, 2.24) is 0 Å². The van der Waals surface area contributed by atoms with Crippen LogP contribution < -0.4 is 11.1 Å². The maximum Gasteiger partial charge on any atom is 0.236 e. The standard InChI is InChI=1S/C13H19ClN2O2S/c1-9(2)5-6-19(18)8-13(17)16-10-3-4-11(14)12(15)7-10/h3-4,7,9H,5-6,8,15H2,1-2H3,(H,16,17). The van der Waals surface area contributed by atoms with Crippen LogP contribution in [0.15, 0.2) is 18.2 Å². The molecule has 1 rings (SSSR count). The summed E-state index contributed by atoms with van der Waals surface area (Å²) >= 11 is 5.79. The molecule has 1 unspecified atom stereocenters. The second-order valence-corrected chi connectivity index (χ2v) is 6.74. The topological polar surface area (TPSA) is 72.2 Å². The first kappa shape index (κ1) is 16.0. The van der Waals surface area contributed by atoms with Crippen molar-refractivity contribution in [3.05, 3.63) is 23.2 Å². The molecule has 0 fully saturated rings. The van der Waals surface area contributed by atoms with E-state index in [0.29, 0.717) is 28.1 Å². The minimum atomic E-state index is -1.12. The van der Waals surface area contributed by atoms with E-state index in [0.717, 1.165) is 6.42 Å². The Hall–Kier alpha value is -1.07. The van der Waals surface area contributed by atoms with Crippen LogP contribution in [0.25, 0.3) is 0 Å². The van der Waals surface area contributed by atoms with Crippen molar-refractivity contribution in [2.45, 2.75) is 20.3 Å². The molecule has 0 aliphatic rings. The van der Waals surface area contributed by atoms with Crippen molar-refractivity contribution >= 4 is 39.7 Å². The van der Waals surface area contributed by atoms with Crippen LogP contribution in [0.3, 0.4) is 0 Å². The zero-order valence-corrected chi connectivity index (χ0v) is 12.7. The summed E-state index contributed by atoms with van der Waals surface area (Å²) in [6.45, 7) is 4.13. The lowest BCUT2D eigenvalue weighted by atomic mass is 10.2. The number of benzene rings is 1. The Kier molecular flexibility index (Phi) is 6.31. The van der Waals surface area contributed by atoms with Crippen molar-refractivity contribution in [1.29, 1.82) is 0 Å². The van der Waals surface area contributed by atoms with E-state index in [9.17, 15) is 9.00 Å². The summed E-state index contributed by atoms with van der Waals surface area (Å²) in [5.41, 5.74) is 6.60. The summed E-state index contributed by atoms with van der Waals surface area (Å²) in [7, 11) is -1.12. The molecule has 6 heteroatoms. The number of nitrogens with two attached hydrogens (primary N) is 1. The summed E-state index contributed by atoms with van der Waals surface area (Å²) in [5.74, 6) is 0.773. The number of rotatable bonds is 6. The van der Waals surface area contributed by atoms with Crippen molar-refractivity contribution in [2.75, 3.05) is 22.6 Å². The molecular weight excluding hydrogens is 284 g/mol. The predicted molar refractivity (Wildman–Crippen MR) is 81.8 cm³/mol. The van der Waals surface area contributed by atoms with Gasteiger partial charge in [-0.3, -0.25) is 9.00 Å². The third-order valence-corrected chi connectivity index (χ3v) is 4.11. The molecule has 1 aromatic rings. The van der Waals surface area contributed by atoms with Crippen LogP contribution in [-0.4, -0.2) is 21.6 Å². The molecule has 0 bridgehead atoms. The third-order valence-electron chi connectivity index (χ3n) is 2.49. The van der Waals surface area contributed by atoms with E-state index in [1.54, 1.807) is 18.2 Å². The first-order valence-electron chi connectivity index (χ1n) is 6.08. The third kappa shape index (κ3) is 6.07. The van der Waals surface area contributed by atoms with Crippen LogP contribution in [0.5, 0.6) is 0 Å². The number of amides is 1.